The Morgan fingerprint density at radius 2 is 2.00 bits per heavy atom. The zero-order valence-corrected chi connectivity index (χ0v) is 10.1. The number of aryl methyl sites for hydroxylation is 2. The molecule has 0 aliphatic carbocycles. The molecule has 0 radical (unpaired) electrons. The SMILES string of the molecule is Cc1ccc(C(=O)O)c(-n2cnc(C)c2C)c1. The normalized spacial score (nSPS) is 10.5. The van der Waals surface area contributed by atoms with Gasteiger partial charge < -0.3 is 9.67 Å². The molecule has 0 bridgehead atoms. The van der Waals surface area contributed by atoms with Crippen LogP contribution in [0.3, 0.4) is 0 Å². The molecule has 0 saturated carbocycles. The highest BCUT2D eigenvalue weighted by molar-refractivity contribution is 5.92. The van der Waals surface area contributed by atoms with Crippen LogP contribution in [0, 0.1) is 20.8 Å². The van der Waals surface area contributed by atoms with Gasteiger partial charge in [0, 0.05) is 5.69 Å². The fourth-order valence-electron chi connectivity index (χ4n) is 1.76. The minimum Gasteiger partial charge on any atom is -0.478 e. The summed E-state index contributed by atoms with van der Waals surface area (Å²) < 4.78 is 1.81. The van der Waals surface area contributed by atoms with E-state index in [0.29, 0.717) is 5.69 Å². The van der Waals surface area contributed by atoms with Crippen LogP contribution >= 0.6 is 0 Å². The molecule has 4 nitrogen and oxygen atoms in total. The molecule has 2 rings (SSSR count). The predicted molar refractivity (Wildman–Crippen MR) is 64.7 cm³/mol. The first kappa shape index (κ1) is 11.4. The molecule has 0 atom stereocenters. The minimum absolute atomic E-state index is 0.288. The average molecular weight is 230 g/mol. The number of nitrogens with zero attached hydrogens (tertiary/aromatic N) is 2. The Labute approximate surface area is 99.5 Å². The molecular weight excluding hydrogens is 216 g/mol. The lowest BCUT2D eigenvalue weighted by atomic mass is 10.1. The molecule has 2 aromatic rings. The van der Waals surface area contributed by atoms with Gasteiger partial charge in [0.25, 0.3) is 0 Å². The minimum atomic E-state index is -0.925. The van der Waals surface area contributed by atoms with E-state index in [1.54, 1.807) is 18.5 Å². The van der Waals surface area contributed by atoms with Gasteiger partial charge in [0.15, 0.2) is 0 Å². The number of hydrogen-bond donors (Lipinski definition) is 1. The molecule has 1 heterocycles. The molecule has 0 fully saturated rings. The molecule has 0 spiro atoms. The molecule has 0 aliphatic heterocycles. The number of aromatic carboxylic acids is 1. The van der Waals surface area contributed by atoms with Crippen molar-refractivity contribution in [2.75, 3.05) is 0 Å². The van der Waals surface area contributed by atoms with Crippen molar-refractivity contribution in [2.24, 2.45) is 0 Å². The van der Waals surface area contributed by atoms with Crippen molar-refractivity contribution < 1.29 is 9.90 Å². The van der Waals surface area contributed by atoms with E-state index in [4.69, 9.17) is 0 Å². The molecule has 0 unspecified atom stereocenters. The van der Waals surface area contributed by atoms with E-state index in [9.17, 15) is 9.90 Å². The molecule has 0 amide bonds. The van der Waals surface area contributed by atoms with E-state index >= 15 is 0 Å². The van der Waals surface area contributed by atoms with Gasteiger partial charge in [-0.05, 0) is 38.5 Å². The Morgan fingerprint density at radius 3 is 2.53 bits per heavy atom. The molecule has 88 valence electrons. The second kappa shape index (κ2) is 4.05. The van der Waals surface area contributed by atoms with Crippen LogP contribution in [-0.2, 0) is 0 Å². The lowest BCUT2D eigenvalue weighted by Crippen LogP contribution is -2.06. The molecule has 1 aromatic carbocycles. The van der Waals surface area contributed by atoms with Crippen LogP contribution in [0.25, 0.3) is 5.69 Å². The van der Waals surface area contributed by atoms with Crippen molar-refractivity contribution in [3.63, 3.8) is 0 Å². The highest BCUT2D eigenvalue weighted by Gasteiger charge is 2.13. The molecule has 17 heavy (non-hydrogen) atoms. The first-order chi connectivity index (χ1) is 8.00. The van der Waals surface area contributed by atoms with Crippen molar-refractivity contribution in [2.45, 2.75) is 20.8 Å². The van der Waals surface area contributed by atoms with Crippen LogP contribution in [0.1, 0.15) is 27.3 Å². The largest absolute Gasteiger partial charge is 0.478 e. The van der Waals surface area contributed by atoms with Crippen LogP contribution in [0.4, 0.5) is 0 Å². The van der Waals surface area contributed by atoms with E-state index in [0.717, 1.165) is 17.0 Å². The number of benzene rings is 1. The maximum absolute atomic E-state index is 11.2. The van der Waals surface area contributed by atoms with Crippen LogP contribution < -0.4 is 0 Å². The number of imidazole rings is 1. The van der Waals surface area contributed by atoms with Gasteiger partial charge in [0.1, 0.15) is 0 Å². The number of rotatable bonds is 2. The number of carbonyl (C=O) groups is 1. The summed E-state index contributed by atoms with van der Waals surface area (Å²) in [6, 6.07) is 5.28. The van der Waals surface area contributed by atoms with Gasteiger partial charge in [-0.3, -0.25) is 0 Å². The summed E-state index contributed by atoms with van der Waals surface area (Å²) in [6.07, 6.45) is 1.66. The monoisotopic (exact) mass is 230 g/mol. The fraction of sp³-hybridized carbons (Fsp3) is 0.231. The second-order valence-electron chi connectivity index (χ2n) is 4.11. The van der Waals surface area contributed by atoms with Crippen LogP contribution in [0.15, 0.2) is 24.5 Å². The molecule has 1 aromatic heterocycles. The highest BCUT2D eigenvalue weighted by Crippen LogP contribution is 2.19. The zero-order chi connectivity index (χ0) is 12.6. The third-order valence-electron chi connectivity index (χ3n) is 2.89. The Hall–Kier alpha value is -2.10. The molecular formula is C13H14N2O2. The predicted octanol–water partition coefficient (Wildman–Crippen LogP) is 2.50. The smallest absolute Gasteiger partial charge is 0.337 e. The third kappa shape index (κ3) is 1.93. The second-order valence-corrected chi connectivity index (χ2v) is 4.11. The van der Waals surface area contributed by atoms with Gasteiger partial charge in [0.2, 0.25) is 0 Å². The topological polar surface area (TPSA) is 55.1 Å². The average Bonchev–Trinajstić information content (AvgIpc) is 2.59. The quantitative estimate of drug-likeness (QED) is 0.862. The van der Waals surface area contributed by atoms with Crippen molar-refractivity contribution in [1.82, 2.24) is 9.55 Å². The highest BCUT2D eigenvalue weighted by atomic mass is 16.4. The first-order valence-corrected chi connectivity index (χ1v) is 5.35. The van der Waals surface area contributed by atoms with E-state index in [2.05, 4.69) is 4.98 Å². The molecule has 1 N–H and O–H groups in total. The summed E-state index contributed by atoms with van der Waals surface area (Å²) in [6.45, 7) is 5.77. The number of aromatic nitrogens is 2. The van der Waals surface area contributed by atoms with Crippen molar-refractivity contribution in [3.8, 4) is 5.69 Å². The van der Waals surface area contributed by atoms with Crippen molar-refractivity contribution >= 4 is 5.97 Å². The van der Waals surface area contributed by atoms with E-state index in [1.165, 1.54) is 0 Å². The van der Waals surface area contributed by atoms with Gasteiger partial charge in [-0.15, -0.1) is 0 Å². The Bertz CT molecular complexity index is 585. The Balaban J connectivity index is 2.69. The lowest BCUT2D eigenvalue weighted by Gasteiger charge is -2.10. The van der Waals surface area contributed by atoms with Gasteiger partial charge in [-0.1, -0.05) is 6.07 Å². The molecule has 0 saturated heterocycles. The van der Waals surface area contributed by atoms with Gasteiger partial charge in [0.05, 0.1) is 23.3 Å². The number of carboxylic acid groups (broad SMARTS) is 1. The van der Waals surface area contributed by atoms with Crippen LogP contribution in [0.5, 0.6) is 0 Å². The van der Waals surface area contributed by atoms with E-state index in [1.807, 2.05) is 31.4 Å². The molecule has 4 heteroatoms. The number of hydrogen-bond acceptors (Lipinski definition) is 2. The maximum atomic E-state index is 11.2. The fourth-order valence-corrected chi connectivity index (χ4v) is 1.76. The Morgan fingerprint density at radius 1 is 1.29 bits per heavy atom. The summed E-state index contributed by atoms with van der Waals surface area (Å²) in [5, 5.41) is 9.18. The van der Waals surface area contributed by atoms with Crippen molar-refractivity contribution in [1.29, 1.82) is 0 Å². The first-order valence-electron chi connectivity index (χ1n) is 5.35. The van der Waals surface area contributed by atoms with Crippen LogP contribution in [0.2, 0.25) is 0 Å². The summed E-state index contributed by atoms with van der Waals surface area (Å²) >= 11 is 0. The standard InChI is InChI=1S/C13H14N2O2/c1-8-4-5-11(13(16)17)12(6-8)15-7-14-9(2)10(15)3/h4-7H,1-3H3,(H,16,17). The van der Waals surface area contributed by atoms with Gasteiger partial charge >= 0.3 is 5.97 Å². The summed E-state index contributed by atoms with van der Waals surface area (Å²) in [5.41, 5.74) is 3.84. The van der Waals surface area contributed by atoms with Gasteiger partial charge in [-0.2, -0.15) is 0 Å². The van der Waals surface area contributed by atoms with Crippen LogP contribution in [-0.4, -0.2) is 20.6 Å². The Kier molecular flexibility index (Phi) is 2.71. The lowest BCUT2D eigenvalue weighted by molar-refractivity contribution is 0.0697. The number of carboxylic acids is 1. The van der Waals surface area contributed by atoms with Gasteiger partial charge in [-0.25, -0.2) is 9.78 Å². The van der Waals surface area contributed by atoms with Crippen molar-refractivity contribution in [3.05, 3.63) is 47.0 Å². The summed E-state index contributed by atoms with van der Waals surface area (Å²) in [7, 11) is 0. The van der Waals surface area contributed by atoms with E-state index in [-0.39, 0.29) is 5.56 Å². The summed E-state index contributed by atoms with van der Waals surface area (Å²) in [5.74, 6) is -0.925. The summed E-state index contributed by atoms with van der Waals surface area (Å²) in [4.78, 5) is 15.4. The maximum Gasteiger partial charge on any atom is 0.337 e. The zero-order valence-electron chi connectivity index (χ0n) is 10.1. The third-order valence-corrected chi connectivity index (χ3v) is 2.89. The van der Waals surface area contributed by atoms with E-state index < -0.39 is 5.97 Å². The molecule has 0 aliphatic rings.